The van der Waals surface area contributed by atoms with Crippen LogP contribution in [-0.4, -0.2) is 40.4 Å². The van der Waals surface area contributed by atoms with Crippen LogP contribution in [-0.2, 0) is 11.3 Å². The molecular formula is C13H24N4O2. The molecule has 0 fully saturated rings. The Balaban J connectivity index is 2.98. The molecule has 6 heteroatoms. The van der Waals surface area contributed by atoms with Crippen LogP contribution in [0.1, 0.15) is 33.5 Å². The molecule has 1 rings (SSSR count). The maximum atomic E-state index is 9.74. The van der Waals surface area contributed by atoms with Crippen molar-refractivity contribution in [3.05, 3.63) is 11.9 Å². The van der Waals surface area contributed by atoms with Crippen LogP contribution >= 0.6 is 0 Å². The number of ether oxygens (including phenoxy) is 1. The van der Waals surface area contributed by atoms with Crippen LogP contribution in [0, 0.1) is 0 Å². The van der Waals surface area contributed by atoms with Crippen molar-refractivity contribution in [1.82, 2.24) is 9.97 Å². The fraction of sp³-hybridized carbons (Fsp3) is 0.692. The summed E-state index contributed by atoms with van der Waals surface area (Å²) in [6.45, 7) is 8.72. The van der Waals surface area contributed by atoms with Crippen molar-refractivity contribution in [2.24, 2.45) is 0 Å². The summed E-state index contributed by atoms with van der Waals surface area (Å²) in [5.41, 5.74) is -0.470. The summed E-state index contributed by atoms with van der Waals surface area (Å²) in [5, 5.41) is 16.1. The van der Waals surface area contributed by atoms with Crippen molar-refractivity contribution >= 4 is 11.6 Å². The van der Waals surface area contributed by atoms with E-state index in [9.17, 15) is 5.11 Å². The highest BCUT2D eigenvalue weighted by atomic mass is 16.5. The van der Waals surface area contributed by atoms with E-state index in [4.69, 9.17) is 4.74 Å². The van der Waals surface area contributed by atoms with Gasteiger partial charge in [-0.1, -0.05) is 0 Å². The van der Waals surface area contributed by atoms with E-state index in [0.717, 1.165) is 12.4 Å². The lowest BCUT2D eigenvalue weighted by Crippen LogP contribution is -2.42. The third kappa shape index (κ3) is 4.65. The van der Waals surface area contributed by atoms with Crippen molar-refractivity contribution in [3.8, 4) is 0 Å². The van der Waals surface area contributed by atoms with Crippen molar-refractivity contribution < 1.29 is 9.84 Å². The van der Waals surface area contributed by atoms with E-state index in [1.165, 1.54) is 0 Å². The number of hydrogen-bond acceptors (Lipinski definition) is 6. The second-order valence-electron chi connectivity index (χ2n) is 5.04. The highest BCUT2D eigenvalue weighted by molar-refractivity contribution is 5.49. The first kappa shape index (κ1) is 15.7. The molecule has 19 heavy (non-hydrogen) atoms. The van der Waals surface area contributed by atoms with Crippen LogP contribution < -0.4 is 10.6 Å². The maximum Gasteiger partial charge on any atom is 0.158 e. The topological polar surface area (TPSA) is 79.3 Å². The van der Waals surface area contributed by atoms with Gasteiger partial charge in [0.2, 0.25) is 0 Å². The Morgan fingerprint density at radius 1 is 1.37 bits per heavy atom. The van der Waals surface area contributed by atoms with E-state index in [0.29, 0.717) is 18.2 Å². The Labute approximate surface area is 114 Å². The van der Waals surface area contributed by atoms with E-state index in [1.807, 2.05) is 26.8 Å². The first-order chi connectivity index (χ1) is 8.89. The van der Waals surface area contributed by atoms with Gasteiger partial charge in [0, 0.05) is 19.7 Å². The molecule has 0 saturated carbocycles. The lowest BCUT2D eigenvalue weighted by atomic mass is 9.99. The van der Waals surface area contributed by atoms with E-state index < -0.39 is 11.6 Å². The van der Waals surface area contributed by atoms with Crippen LogP contribution in [0.3, 0.4) is 0 Å². The van der Waals surface area contributed by atoms with Gasteiger partial charge in [-0.15, -0.1) is 0 Å². The normalized spacial score (nSPS) is 13.2. The Kier molecular flexibility index (Phi) is 5.50. The summed E-state index contributed by atoms with van der Waals surface area (Å²) in [6, 6.07) is 1.83. The fourth-order valence-electron chi connectivity index (χ4n) is 1.46. The third-order valence-electron chi connectivity index (χ3n) is 2.90. The maximum absolute atomic E-state index is 9.74. The molecule has 0 aromatic carbocycles. The standard InChI is InChI=1S/C13H24N4O2/c1-6-14-10-7-11(16-12(15-10)8-19-5)17-13(3,4)9(2)18/h7,9,18H,6,8H2,1-5H3,(H2,14,15,16,17). The van der Waals surface area contributed by atoms with Gasteiger partial charge in [0.15, 0.2) is 5.82 Å². The molecule has 1 aromatic rings. The van der Waals surface area contributed by atoms with Gasteiger partial charge >= 0.3 is 0 Å². The second-order valence-corrected chi connectivity index (χ2v) is 5.04. The average molecular weight is 268 g/mol. The predicted molar refractivity (Wildman–Crippen MR) is 76.3 cm³/mol. The van der Waals surface area contributed by atoms with Crippen molar-refractivity contribution in [1.29, 1.82) is 0 Å². The van der Waals surface area contributed by atoms with Crippen LogP contribution in [0.5, 0.6) is 0 Å². The minimum Gasteiger partial charge on any atom is -0.391 e. The largest absolute Gasteiger partial charge is 0.391 e. The second kappa shape index (κ2) is 6.68. The van der Waals surface area contributed by atoms with E-state index in [2.05, 4.69) is 20.6 Å². The van der Waals surface area contributed by atoms with Gasteiger partial charge in [0.1, 0.15) is 18.2 Å². The monoisotopic (exact) mass is 268 g/mol. The molecular weight excluding hydrogens is 244 g/mol. The highest BCUT2D eigenvalue weighted by Gasteiger charge is 2.24. The Bertz CT molecular complexity index is 383. The van der Waals surface area contributed by atoms with E-state index in [1.54, 1.807) is 14.0 Å². The molecule has 0 amide bonds. The van der Waals surface area contributed by atoms with Crippen molar-refractivity contribution in [2.75, 3.05) is 24.3 Å². The summed E-state index contributed by atoms with van der Waals surface area (Å²) >= 11 is 0. The molecule has 3 N–H and O–H groups in total. The molecule has 1 aromatic heterocycles. The summed E-state index contributed by atoms with van der Waals surface area (Å²) in [4.78, 5) is 8.71. The molecule has 1 heterocycles. The Morgan fingerprint density at radius 2 is 2.00 bits per heavy atom. The highest BCUT2D eigenvalue weighted by Crippen LogP contribution is 2.19. The van der Waals surface area contributed by atoms with Crippen LogP contribution in [0.2, 0.25) is 0 Å². The minimum atomic E-state index is -0.504. The molecule has 1 atom stereocenters. The van der Waals surface area contributed by atoms with E-state index >= 15 is 0 Å². The quantitative estimate of drug-likeness (QED) is 0.697. The number of aromatic nitrogens is 2. The molecule has 6 nitrogen and oxygen atoms in total. The molecule has 0 aliphatic carbocycles. The van der Waals surface area contributed by atoms with Gasteiger partial charge in [-0.2, -0.15) is 0 Å². The average Bonchev–Trinajstić information content (AvgIpc) is 2.28. The number of nitrogens with zero attached hydrogens (tertiary/aromatic N) is 2. The van der Waals surface area contributed by atoms with Gasteiger partial charge in [0.25, 0.3) is 0 Å². The first-order valence-electron chi connectivity index (χ1n) is 6.46. The minimum absolute atomic E-state index is 0.350. The van der Waals surface area contributed by atoms with Gasteiger partial charge in [-0.3, -0.25) is 0 Å². The molecule has 108 valence electrons. The fourth-order valence-corrected chi connectivity index (χ4v) is 1.46. The summed E-state index contributed by atoms with van der Waals surface area (Å²) in [7, 11) is 1.61. The lowest BCUT2D eigenvalue weighted by molar-refractivity contribution is 0.133. The molecule has 0 aliphatic heterocycles. The number of rotatable bonds is 7. The number of hydrogen-bond donors (Lipinski definition) is 3. The van der Waals surface area contributed by atoms with Gasteiger partial charge in [0.05, 0.1) is 11.6 Å². The zero-order chi connectivity index (χ0) is 14.5. The Morgan fingerprint density at radius 3 is 2.53 bits per heavy atom. The number of aliphatic hydroxyl groups excluding tert-OH is 1. The van der Waals surface area contributed by atoms with E-state index in [-0.39, 0.29) is 0 Å². The summed E-state index contributed by atoms with van der Waals surface area (Å²) in [5.74, 6) is 2.02. The van der Waals surface area contributed by atoms with Crippen molar-refractivity contribution in [3.63, 3.8) is 0 Å². The van der Waals surface area contributed by atoms with Crippen molar-refractivity contribution in [2.45, 2.75) is 45.9 Å². The molecule has 0 radical (unpaired) electrons. The SMILES string of the molecule is CCNc1cc(NC(C)(C)C(C)O)nc(COC)n1. The van der Waals surface area contributed by atoms with Gasteiger partial charge in [-0.05, 0) is 27.7 Å². The summed E-state index contributed by atoms with van der Waals surface area (Å²) in [6.07, 6.45) is -0.504. The zero-order valence-electron chi connectivity index (χ0n) is 12.3. The zero-order valence-corrected chi connectivity index (χ0v) is 12.3. The third-order valence-corrected chi connectivity index (χ3v) is 2.90. The molecule has 0 spiro atoms. The van der Waals surface area contributed by atoms with Crippen LogP contribution in [0.15, 0.2) is 6.07 Å². The molecule has 0 bridgehead atoms. The first-order valence-corrected chi connectivity index (χ1v) is 6.46. The Hall–Kier alpha value is -1.40. The lowest BCUT2D eigenvalue weighted by Gasteiger charge is -2.30. The number of aliphatic hydroxyl groups is 1. The predicted octanol–water partition coefficient (Wildman–Crippen LogP) is 1.63. The van der Waals surface area contributed by atoms with Gasteiger partial charge < -0.3 is 20.5 Å². The molecule has 0 saturated heterocycles. The van der Waals surface area contributed by atoms with Crippen LogP contribution in [0.4, 0.5) is 11.6 Å². The smallest absolute Gasteiger partial charge is 0.158 e. The van der Waals surface area contributed by atoms with Crippen LogP contribution in [0.25, 0.3) is 0 Å². The number of anilines is 2. The summed E-state index contributed by atoms with van der Waals surface area (Å²) < 4.78 is 5.06. The molecule has 0 aliphatic rings. The van der Waals surface area contributed by atoms with Gasteiger partial charge in [-0.25, -0.2) is 9.97 Å². The molecule has 1 unspecified atom stereocenters. The number of methoxy groups -OCH3 is 1. The number of nitrogens with one attached hydrogen (secondary N) is 2.